The van der Waals surface area contributed by atoms with Gasteiger partial charge in [-0.05, 0) is 12.8 Å². The molecule has 1 aliphatic carbocycles. The van der Waals surface area contributed by atoms with Crippen molar-refractivity contribution in [2.75, 3.05) is 0 Å². The topological polar surface area (TPSA) is 20.2 Å². The summed E-state index contributed by atoms with van der Waals surface area (Å²) in [4.78, 5) is 0. The summed E-state index contributed by atoms with van der Waals surface area (Å²) in [6.07, 6.45) is 1.88. The molecule has 0 heterocycles. The second kappa shape index (κ2) is 2.66. The van der Waals surface area contributed by atoms with E-state index in [-0.39, 0.29) is 0 Å². The fourth-order valence-corrected chi connectivity index (χ4v) is 1.21. The Kier molecular flexibility index (Phi) is 2.20. The zero-order chi connectivity index (χ0) is 7.78. The zero-order valence-corrected chi connectivity index (χ0v) is 6.32. The number of alkyl halides is 2. The number of thiol groups is 1. The molecule has 1 atom stereocenters. The monoisotopic (exact) mass is 168 g/mol. The first kappa shape index (κ1) is 8.27. The van der Waals surface area contributed by atoms with Gasteiger partial charge in [-0.1, -0.05) is 6.42 Å². The lowest BCUT2D eigenvalue weighted by Crippen LogP contribution is -2.41. The molecule has 1 N–H and O–H groups in total. The molecular weight excluding hydrogens is 158 g/mol. The molecule has 4 heteroatoms. The quantitative estimate of drug-likeness (QED) is 0.474. The largest absolute Gasteiger partial charge is 0.376 e. The summed E-state index contributed by atoms with van der Waals surface area (Å²) in [5.74, 6) is -3.62. The first-order chi connectivity index (χ1) is 4.55. The first-order valence-electron chi connectivity index (χ1n) is 3.29. The van der Waals surface area contributed by atoms with E-state index in [2.05, 4.69) is 12.6 Å². The van der Waals surface area contributed by atoms with E-state index in [9.17, 15) is 8.78 Å². The summed E-state index contributed by atoms with van der Waals surface area (Å²) in [6, 6.07) is 0. The van der Waals surface area contributed by atoms with Crippen LogP contribution in [0.15, 0.2) is 0 Å². The van der Waals surface area contributed by atoms with E-state index in [4.69, 9.17) is 5.11 Å². The Labute approximate surface area is 63.8 Å². The van der Waals surface area contributed by atoms with Crippen molar-refractivity contribution in [2.45, 2.75) is 30.6 Å². The van der Waals surface area contributed by atoms with Gasteiger partial charge in [0, 0.05) is 5.92 Å². The Morgan fingerprint density at radius 2 is 2.00 bits per heavy atom. The highest BCUT2D eigenvalue weighted by Gasteiger charge is 2.47. The van der Waals surface area contributed by atoms with Crippen LogP contribution in [0.1, 0.15) is 19.3 Å². The molecule has 10 heavy (non-hydrogen) atoms. The number of aliphatic hydroxyl groups is 1. The summed E-state index contributed by atoms with van der Waals surface area (Å²) in [5.41, 5.74) is -1.79. The number of aliphatic hydroxyl groups excluding tert-OH is 1. The van der Waals surface area contributed by atoms with Crippen molar-refractivity contribution in [2.24, 2.45) is 5.92 Å². The zero-order valence-electron chi connectivity index (χ0n) is 5.43. The summed E-state index contributed by atoms with van der Waals surface area (Å²) < 4.78 is 25.3. The van der Waals surface area contributed by atoms with Crippen LogP contribution in [0.2, 0.25) is 0 Å². The summed E-state index contributed by atoms with van der Waals surface area (Å²) in [5, 5.41) is 8.53. The SMILES string of the molecule is OC(S)C(F)(F)C1CCC1. The van der Waals surface area contributed by atoms with E-state index < -0.39 is 17.3 Å². The van der Waals surface area contributed by atoms with Gasteiger partial charge in [-0.2, -0.15) is 0 Å². The molecule has 0 spiro atoms. The van der Waals surface area contributed by atoms with Gasteiger partial charge in [0.15, 0.2) is 5.44 Å². The molecular formula is C6H10F2OS. The van der Waals surface area contributed by atoms with Crippen LogP contribution in [-0.4, -0.2) is 16.5 Å². The van der Waals surface area contributed by atoms with E-state index in [1.807, 2.05) is 0 Å². The predicted molar refractivity (Wildman–Crippen MR) is 37.3 cm³/mol. The Hall–Kier alpha value is 0.170. The molecule has 0 saturated heterocycles. The van der Waals surface area contributed by atoms with Crippen LogP contribution in [-0.2, 0) is 0 Å². The van der Waals surface area contributed by atoms with Crippen LogP contribution in [0.3, 0.4) is 0 Å². The molecule has 0 aliphatic heterocycles. The molecule has 1 nitrogen and oxygen atoms in total. The minimum absolute atomic E-state index is 0.518. The van der Waals surface area contributed by atoms with Gasteiger partial charge in [-0.15, -0.1) is 12.6 Å². The van der Waals surface area contributed by atoms with Crippen LogP contribution >= 0.6 is 12.6 Å². The fourth-order valence-electron chi connectivity index (χ4n) is 1.00. The Bertz CT molecular complexity index is 123. The van der Waals surface area contributed by atoms with Gasteiger partial charge in [-0.3, -0.25) is 0 Å². The Morgan fingerprint density at radius 3 is 2.10 bits per heavy atom. The second-order valence-corrected chi connectivity index (χ2v) is 3.17. The molecule has 1 rings (SSSR count). The lowest BCUT2D eigenvalue weighted by Gasteiger charge is -2.34. The maximum absolute atomic E-state index is 12.7. The van der Waals surface area contributed by atoms with Crippen molar-refractivity contribution in [1.29, 1.82) is 0 Å². The second-order valence-electron chi connectivity index (χ2n) is 2.68. The molecule has 0 radical (unpaired) electrons. The molecule has 0 bridgehead atoms. The van der Waals surface area contributed by atoms with E-state index >= 15 is 0 Å². The summed E-state index contributed by atoms with van der Waals surface area (Å²) >= 11 is 3.31. The van der Waals surface area contributed by atoms with Crippen molar-refractivity contribution in [3.05, 3.63) is 0 Å². The maximum Gasteiger partial charge on any atom is 0.285 e. The van der Waals surface area contributed by atoms with Crippen molar-refractivity contribution in [1.82, 2.24) is 0 Å². The Balaban J connectivity index is 2.48. The molecule has 1 unspecified atom stereocenters. The highest BCUT2D eigenvalue weighted by molar-refractivity contribution is 7.80. The van der Waals surface area contributed by atoms with Crippen LogP contribution in [0, 0.1) is 5.92 Å². The number of hydrogen-bond donors (Lipinski definition) is 2. The van der Waals surface area contributed by atoms with Crippen LogP contribution in [0.25, 0.3) is 0 Å². The first-order valence-corrected chi connectivity index (χ1v) is 3.80. The minimum Gasteiger partial charge on any atom is -0.376 e. The maximum atomic E-state index is 12.7. The van der Waals surface area contributed by atoms with Crippen molar-refractivity contribution in [3.8, 4) is 0 Å². The average Bonchev–Trinajstić information content (AvgIpc) is 1.57. The molecule has 0 aromatic carbocycles. The number of halogens is 2. The third-order valence-corrected chi connectivity index (χ3v) is 2.34. The molecule has 0 amide bonds. The molecule has 0 aromatic heterocycles. The molecule has 60 valence electrons. The smallest absolute Gasteiger partial charge is 0.285 e. The summed E-state index contributed by atoms with van der Waals surface area (Å²) in [7, 11) is 0. The molecule has 1 saturated carbocycles. The van der Waals surface area contributed by atoms with Crippen LogP contribution in [0.4, 0.5) is 8.78 Å². The van der Waals surface area contributed by atoms with Gasteiger partial charge in [0.05, 0.1) is 0 Å². The number of hydrogen-bond acceptors (Lipinski definition) is 2. The number of rotatable bonds is 2. The van der Waals surface area contributed by atoms with E-state index in [1.54, 1.807) is 0 Å². The van der Waals surface area contributed by atoms with Crippen LogP contribution < -0.4 is 0 Å². The predicted octanol–water partition coefficient (Wildman–Crippen LogP) is 1.67. The Morgan fingerprint density at radius 1 is 1.50 bits per heavy atom. The normalized spacial score (nSPS) is 24.0. The van der Waals surface area contributed by atoms with Gasteiger partial charge >= 0.3 is 0 Å². The van der Waals surface area contributed by atoms with Gasteiger partial charge in [0.1, 0.15) is 0 Å². The lowest BCUT2D eigenvalue weighted by molar-refractivity contribution is -0.133. The average molecular weight is 168 g/mol. The highest BCUT2D eigenvalue weighted by Crippen LogP contribution is 2.42. The highest BCUT2D eigenvalue weighted by atomic mass is 32.1. The van der Waals surface area contributed by atoms with Crippen molar-refractivity contribution >= 4 is 12.6 Å². The fraction of sp³-hybridized carbons (Fsp3) is 1.00. The van der Waals surface area contributed by atoms with E-state index in [0.717, 1.165) is 6.42 Å². The third-order valence-electron chi connectivity index (χ3n) is 1.99. The van der Waals surface area contributed by atoms with Gasteiger partial charge in [-0.25, -0.2) is 8.78 Å². The van der Waals surface area contributed by atoms with Crippen molar-refractivity contribution < 1.29 is 13.9 Å². The minimum atomic E-state index is -2.98. The van der Waals surface area contributed by atoms with Gasteiger partial charge in [0.25, 0.3) is 5.92 Å². The van der Waals surface area contributed by atoms with Crippen LogP contribution in [0.5, 0.6) is 0 Å². The van der Waals surface area contributed by atoms with Gasteiger partial charge < -0.3 is 5.11 Å². The molecule has 1 fully saturated rings. The standard InChI is InChI=1S/C6H10F2OS/c7-6(8,5(9)10)4-2-1-3-4/h4-5,9-10H,1-3H2. The van der Waals surface area contributed by atoms with Crippen molar-refractivity contribution in [3.63, 3.8) is 0 Å². The third kappa shape index (κ3) is 1.27. The molecule has 1 aliphatic rings. The van der Waals surface area contributed by atoms with Gasteiger partial charge in [0.2, 0.25) is 0 Å². The lowest BCUT2D eigenvalue weighted by atomic mass is 9.80. The summed E-state index contributed by atoms with van der Waals surface area (Å²) in [6.45, 7) is 0. The van der Waals surface area contributed by atoms with E-state index in [1.165, 1.54) is 0 Å². The van der Waals surface area contributed by atoms with E-state index in [0.29, 0.717) is 12.8 Å². The molecule has 0 aromatic rings.